The van der Waals surface area contributed by atoms with Crippen molar-refractivity contribution in [3.63, 3.8) is 0 Å². The third-order valence-electron chi connectivity index (χ3n) is 3.78. The number of benzene rings is 1. The second-order valence-electron chi connectivity index (χ2n) is 5.23. The quantitative estimate of drug-likeness (QED) is 0.900. The van der Waals surface area contributed by atoms with E-state index in [0.29, 0.717) is 6.54 Å². The Hall–Kier alpha value is -0.690. The molecule has 1 aromatic carbocycles. The fourth-order valence-corrected chi connectivity index (χ4v) is 4.90. The lowest BCUT2D eigenvalue weighted by molar-refractivity contribution is 0.240. The molecule has 0 saturated carbocycles. The molecule has 1 aromatic rings. The molecule has 7 heteroatoms. The minimum absolute atomic E-state index is 0.0597. The van der Waals surface area contributed by atoms with Crippen molar-refractivity contribution in [2.24, 2.45) is 0 Å². The summed E-state index contributed by atoms with van der Waals surface area (Å²) in [5.41, 5.74) is 0. The summed E-state index contributed by atoms with van der Waals surface area (Å²) in [6.07, 6.45) is 3.40. The van der Waals surface area contributed by atoms with Gasteiger partial charge in [0, 0.05) is 12.6 Å². The largest absolute Gasteiger partial charge is 0.320 e. The Bertz CT molecular complexity index is 595. The smallest absolute Gasteiger partial charge is 0.244 e. The number of halogens is 2. The fraction of sp³-hybridized carbons (Fsp3) is 0.571. The van der Waals surface area contributed by atoms with E-state index in [2.05, 4.69) is 5.32 Å². The molecule has 1 aliphatic heterocycles. The SMILES string of the molecule is CNCCC1CCCCN1S(=O)(=O)c1cc(F)ccc1Cl. The molecule has 4 nitrogen and oxygen atoms in total. The Morgan fingerprint density at radius 3 is 2.90 bits per heavy atom. The van der Waals surface area contributed by atoms with E-state index in [0.717, 1.165) is 44.4 Å². The molecule has 1 aliphatic rings. The van der Waals surface area contributed by atoms with Gasteiger partial charge in [-0.2, -0.15) is 4.31 Å². The van der Waals surface area contributed by atoms with Gasteiger partial charge >= 0.3 is 0 Å². The van der Waals surface area contributed by atoms with Crippen molar-refractivity contribution in [1.29, 1.82) is 0 Å². The summed E-state index contributed by atoms with van der Waals surface area (Å²) < 4.78 is 40.5. The van der Waals surface area contributed by atoms with Crippen LogP contribution in [0.4, 0.5) is 4.39 Å². The normalized spacial score (nSPS) is 20.6. The molecule has 118 valence electrons. The Balaban J connectivity index is 2.33. The van der Waals surface area contributed by atoms with Crippen molar-refractivity contribution in [2.45, 2.75) is 36.6 Å². The van der Waals surface area contributed by atoms with Crippen molar-refractivity contribution in [1.82, 2.24) is 9.62 Å². The highest BCUT2D eigenvalue weighted by Crippen LogP contribution is 2.31. The van der Waals surface area contributed by atoms with E-state index in [4.69, 9.17) is 11.6 Å². The summed E-state index contributed by atoms with van der Waals surface area (Å²) in [4.78, 5) is -0.138. The van der Waals surface area contributed by atoms with Crippen LogP contribution in [0.3, 0.4) is 0 Å². The second kappa shape index (κ2) is 7.05. The average Bonchev–Trinajstić information content (AvgIpc) is 2.47. The van der Waals surface area contributed by atoms with Gasteiger partial charge < -0.3 is 5.32 Å². The number of nitrogens with zero attached hydrogens (tertiary/aromatic N) is 1. The molecule has 1 N–H and O–H groups in total. The first-order chi connectivity index (χ1) is 9.96. The van der Waals surface area contributed by atoms with Gasteiger partial charge in [0.1, 0.15) is 10.7 Å². The Kier molecular flexibility index (Phi) is 5.60. The van der Waals surface area contributed by atoms with Crippen LogP contribution in [0.2, 0.25) is 5.02 Å². The van der Waals surface area contributed by atoms with Crippen LogP contribution in [-0.4, -0.2) is 38.9 Å². The molecule has 2 rings (SSSR count). The molecule has 1 fully saturated rings. The van der Waals surface area contributed by atoms with E-state index in [1.807, 2.05) is 7.05 Å². The van der Waals surface area contributed by atoms with E-state index < -0.39 is 15.8 Å². The number of rotatable bonds is 5. The van der Waals surface area contributed by atoms with Crippen LogP contribution in [0.1, 0.15) is 25.7 Å². The maximum Gasteiger partial charge on any atom is 0.244 e. The lowest BCUT2D eigenvalue weighted by Crippen LogP contribution is -2.44. The van der Waals surface area contributed by atoms with Crippen molar-refractivity contribution < 1.29 is 12.8 Å². The van der Waals surface area contributed by atoms with Gasteiger partial charge in [0.25, 0.3) is 0 Å². The summed E-state index contributed by atoms with van der Waals surface area (Å²) in [5.74, 6) is -0.596. The highest BCUT2D eigenvalue weighted by atomic mass is 35.5. The van der Waals surface area contributed by atoms with Gasteiger partial charge in [0.2, 0.25) is 10.0 Å². The standard InChI is InChI=1S/C14H20ClFN2O2S/c1-17-8-7-12-4-2-3-9-18(12)21(19,20)14-10-11(16)5-6-13(14)15/h5-6,10,12,17H,2-4,7-9H2,1H3. The summed E-state index contributed by atoms with van der Waals surface area (Å²) in [6.45, 7) is 1.21. The Morgan fingerprint density at radius 1 is 1.43 bits per heavy atom. The lowest BCUT2D eigenvalue weighted by Gasteiger charge is -2.35. The monoisotopic (exact) mass is 334 g/mol. The number of nitrogens with one attached hydrogen (secondary N) is 1. The summed E-state index contributed by atoms with van der Waals surface area (Å²) >= 11 is 5.97. The lowest BCUT2D eigenvalue weighted by atomic mass is 10.0. The van der Waals surface area contributed by atoms with Crippen molar-refractivity contribution in [3.05, 3.63) is 29.0 Å². The van der Waals surface area contributed by atoms with Crippen molar-refractivity contribution in [3.8, 4) is 0 Å². The number of hydrogen-bond donors (Lipinski definition) is 1. The highest BCUT2D eigenvalue weighted by molar-refractivity contribution is 7.89. The van der Waals surface area contributed by atoms with E-state index in [9.17, 15) is 12.8 Å². The van der Waals surface area contributed by atoms with Gasteiger partial charge in [-0.15, -0.1) is 0 Å². The molecule has 0 bridgehead atoms. The fourth-order valence-electron chi connectivity index (χ4n) is 2.69. The van der Waals surface area contributed by atoms with E-state index in [-0.39, 0.29) is 16.0 Å². The number of piperidine rings is 1. The van der Waals surface area contributed by atoms with E-state index in [1.54, 1.807) is 0 Å². The first-order valence-corrected chi connectivity index (χ1v) is 8.90. The molecular weight excluding hydrogens is 315 g/mol. The predicted molar refractivity (Wildman–Crippen MR) is 81.5 cm³/mol. The molecule has 21 heavy (non-hydrogen) atoms. The summed E-state index contributed by atoms with van der Waals surface area (Å²) in [7, 11) is -1.92. The first kappa shape index (κ1) is 16.7. The van der Waals surface area contributed by atoms with Crippen molar-refractivity contribution in [2.75, 3.05) is 20.1 Å². The van der Waals surface area contributed by atoms with Crippen LogP contribution < -0.4 is 5.32 Å². The molecule has 1 saturated heterocycles. The maximum absolute atomic E-state index is 13.4. The molecule has 0 aromatic heterocycles. The Labute approximate surface area is 130 Å². The topological polar surface area (TPSA) is 49.4 Å². The third kappa shape index (κ3) is 3.74. The molecular formula is C14H20ClFN2O2S. The number of sulfonamides is 1. The molecule has 0 radical (unpaired) electrons. The second-order valence-corrected chi connectivity index (χ2v) is 7.50. The van der Waals surface area contributed by atoms with Crippen LogP contribution in [0.15, 0.2) is 23.1 Å². The van der Waals surface area contributed by atoms with Gasteiger partial charge in [0.05, 0.1) is 5.02 Å². The summed E-state index contributed by atoms with van der Waals surface area (Å²) in [6, 6.07) is 3.39. The van der Waals surface area contributed by atoms with Crippen LogP contribution >= 0.6 is 11.6 Å². The highest BCUT2D eigenvalue weighted by Gasteiger charge is 2.34. The minimum Gasteiger partial charge on any atom is -0.320 e. The number of hydrogen-bond acceptors (Lipinski definition) is 3. The Morgan fingerprint density at radius 2 is 2.19 bits per heavy atom. The third-order valence-corrected chi connectivity index (χ3v) is 6.21. The van der Waals surface area contributed by atoms with E-state index in [1.165, 1.54) is 10.4 Å². The van der Waals surface area contributed by atoms with Gasteiger partial charge in [0.15, 0.2) is 0 Å². The van der Waals surface area contributed by atoms with Crippen LogP contribution in [0.25, 0.3) is 0 Å². The van der Waals surface area contributed by atoms with Gasteiger partial charge in [-0.3, -0.25) is 0 Å². The minimum atomic E-state index is -3.76. The average molecular weight is 335 g/mol. The van der Waals surface area contributed by atoms with Crippen molar-refractivity contribution >= 4 is 21.6 Å². The zero-order valence-electron chi connectivity index (χ0n) is 12.0. The first-order valence-electron chi connectivity index (χ1n) is 7.08. The molecule has 1 unspecified atom stereocenters. The molecule has 0 amide bonds. The summed E-state index contributed by atoms with van der Waals surface area (Å²) in [5, 5.41) is 3.10. The van der Waals surface area contributed by atoms with Crippen LogP contribution in [-0.2, 0) is 10.0 Å². The van der Waals surface area contributed by atoms with Gasteiger partial charge in [-0.05, 0) is 51.1 Å². The molecule has 0 aliphatic carbocycles. The van der Waals surface area contributed by atoms with Crippen LogP contribution in [0.5, 0.6) is 0 Å². The zero-order valence-corrected chi connectivity index (χ0v) is 13.6. The molecule has 0 spiro atoms. The van der Waals surface area contributed by atoms with Gasteiger partial charge in [-0.1, -0.05) is 18.0 Å². The molecule has 1 heterocycles. The molecule has 1 atom stereocenters. The maximum atomic E-state index is 13.4. The van der Waals surface area contributed by atoms with E-state index >= 15 is 0 Å². The van der Waals surface area contributed by atoms with Gasteiger partial charge in [-0.25, -0.2) is 12.8 Å². The van der Waals surface area contributed by atoms with Crippen LogP contribution in [0, 0.1) is 5.82 Å². The predicted octanol–water partition coefficient (Wildman–Crippen LogP) is 2.63. The zero-order chi connectivity index (χ0) is 15.5.